The Balaban J connectivity index is 2.35. The minimum absolute atomic E-state index is 0.00795. The monoisotopic (exact) mass is 287 g/mol. The molecular formula is C14H17N5S. The van der Waals surface area contributed by atoms with E-state index in [0.717, 1.165) is 29.1 Å². The van der Waals surface area contributed by atoms with Crippen LogP contribution in [0.1, 0.15) is 48.6 Å². The van der Waals surface area contributed by atoms with Crippen molar-refractivity contribution in [2.45, 2.75) is 39.7 Å². The third kappa shape index (κ3) is 2.78. The Morgan fingerprint density at radius 3 is 2.70 bits per heavy atom. The Labute approximate surface area is 122 Å². The lowest BCUT2D eigenvalue weighted by Crippen LogP contribution is -2.13. The molecule has 0 aliphatic carbocycles. The highest BCUT2D eigenvalue weighted by atomic mass is 32.1. The number of nitrogens with zero attached hydrogens (tertiary/aromatic N) is 4. The minimum atomic E-state index is 0.00795. The summed E-state index contributed by atoms with van der Waals surface area (Å²) in [5.74, 6) is 0.546. The van der Waals surface area contributed by atoms with Crippen molar-refractivity contribution in [3.8, 4) is 6.07 Å². The smallest absolute Gasteiger partial charge is 0.167 e. The molecule has 0 aliphatic rings. The molecule has 1 unspecified atom stereocenters. The number of thiazole rings is 1. The second-order valence-corrected chi connectivity index (χ2v) is 5.33. The second-order valence-electron chi connectivity index (χ2n) is 4.40. The van der Waals surface area contributed by atoms with Crippen LogP contribution in [0.2, 0.25) is 0 Å². The predicted octanol–water partition coefficient (Wildman–Crippen LogP) is 3.10. The molecule has 0 spiro atoms. The summed E-state index contributed by atoms with van der Waals surface area (Å²) in [5.41, 5.74) is 2.48. The summed E-state index contributed by atoms with van der Waals surface area (Å²) in [6.07, 6.45) is 3.34. The Kier molecular flexibility index (Phi) is 4.64. The molecular weight excluding hydrogens is 270 g/mol. The maximum Gasteiger partial charge on any atom is 0.167 e. The molecule has 6 heteroatoms. The molecule has 0 aromatic carbocycles. The first-order valence-electron chi connectivity index (χ1n) is 6.65. The van der Waals surface area contributed by atoms with Gasteiger partial charge in [-0.05, 0) is 25.3 Å². The lowest BCUT2D eigenvalue weighted by Gasteiger charge is -2.15. The van der Waals surface area contributed by atoms with Crippen LogP contribution in [0.15, 0.2) is 11.6 Å². The molecule has 0 radical (unpaired) electrons. The van der Waals surface area contributed by atoms with Crippen LogP contribution in [0.5, 0.6) is 0 Å². The van der Waals surface area contributed by atoms with Crippen molar-refractivity contribution in [2.24, 2.45) is 0 Å². The van der Waals surface area contributed by atoms with Crippen LogP contribution in [0.4, 0.5) is 5.82 Å². The molecule has 2 heterocycles. The largest absolute Gasteiger partial charge is 0.359 e. The molecule has 0 saturated heterocycles. The van der Waals surface area contributed by atoms with Crippen LogP contribution in [0.25, 0.3) is 0 Å². The molecule has 0 bridgehead atoms. The van der Waals surface area contributed by atoms with E-state index in [9.17, 15) is 5.26 Å². The number of aryl methyl sites for hydroxylation is 1. The van der Waals surface area contributed by atoms with Gasteiger partial charge in [0, 0.05) is 11.6 Å². The van der Waals surface area contributed by atoms with Gasteiger partial charge in [0.25, 0.3) is 0 Å². The molecule has 1 atom stereocenters. The number of nitriles is 1. The fourth-order valence-corrected chi connectivity index (χ4v) is 2.76. The maximum atomic E-state index is 9.42. The van der Waals surface area contributed by atoms with Crippen molar-refractivity contribution in [3.63, 3.8) is 0 Å². The number of aromatic nitrogens is 3. The SMILES string of the molecule is CCc1nnc(NC(C)c2nccs2)c(C#N)c1CC. The van der Waals surface area contributed by atoms with E-state index in [1.165, 1.54) is 0 Å². The second kappa shape index (κ2) is 6.44. The van der Waals surface area contributed by atoms with E-state index in [2.05, 4.69) is 26.6 Å². The zero-order valence-electron chi connectivity index (χ0n) is 11.8. The van der Waals surface area contributed by atoms with Gasteiger partial charge in [-0.15, -0.1) is 16.4 Å². The fourth-order valence-electron chi connectivity index (χ4n) is 2.11. The van der Waals surface area contributed by atoms with E-state index in [0.29, 0.717) is 11.4 Å². The van der Waals surface area contributed by atoms with Crippen molar-refractivity contribution < 1.29 is 0 Å². The normalized spacial score (nSPS) is 11.9. The highest BCUT2D eigenvalue weighted by Crippen LogP contribution is 2.24. The van der Waals surface area contributed by atoms with Crippen molar-refractivity contribution >= 4 is 17.2 Å². The van der Waals surface area contributed by atoms with Gasteiger partial charge in [0.2, 0.25) is 0 Å². The van der Waals surface area contributed by atoms with Gasteiger partial charge in [0.15, 0.2) is 5.82 Å². The zero-order valence-corrected chi connectivity index (χ0v) is 12.7. The standard InChI is InChI=1S/C14H17N5S/c1-4-10-11(8-15)13(19-18-12(10)5-2)17-9(3)14-16-6-7-20-14/h6-7,9H,4-5H2,1-3H3,(H,17,19). The van der Waals surface area contributed by atoms with Gasteiger partial charge in [0.05, 0.1) is 11.7 Å². The summed E-state index contributed by atoms with van der Waals surface area (Å²) >= 11 is 1.58. The first kappa shape index (κ1) is 14.4. The van der Waals surface area contributed by atoms with E-state index in [1.807, 2.05) is 26.2 Å². The highest BCUT2D eigenvalue weighted by molar-refractivity contribution is 7.09. The van der Waals surface area contributed by atoms with Crippen molar-refractivity contribution in [1.29, 1.82) is 5.26 Å². The lowest BCUT2D eigenvalue weighted by molar-refractivity contribution is 0.823. The van der Waals surface area contributed by atoms with Gasteiger partial charge in [-0.25, -0.2) is 4.98 Å². The number of nitrogens with one attached hydrogen (secondary N) is 1. The molecule has 0 saturated carbocycles. The van der Waals surface area contributed by atoms with Gasteiger partial charge in [-0.3, -0.25) is 0 Å². The van der Waals surface area contributed by atoms with Crippen molar-refractivity contribution in [2.75, 3.05) is 5.32 Å². The first-order chi connectivity index (χ1) is 9.71. The Morgan fingerprint density at radius 2 is 2.15 bits per heavy atom. The summed E-state index contributed by atoms with van der Waals surface area (Å²) in [7, 11) is 0. The molecule has 2 aromatic rings. The summed E-state index contributed by atoms with van der Waals surface area (Å²) in [5, 5.41) is 24.0. The van der Waals surface area contributed by atoms with Crippen molar-refractivity contribution in [1.82, 2.24) is 15.2 Å². The number of anilines is 1. The molecule has 1 N–H and O–H groups in total. The van der Waals surface area contributed by atoms with Crippen LogP contribution in [0.3, 0.4) is 0 Å². The third-order valence-corrected chi connectivity index (χ3v) is 4.09. The molecule has 0 amide bonds. The fraction of sp³-hybridized carbons (Fsp3) is 0.429. The Morgan fingerprint density at radius 1 is 1.35 bits per heavy atom. The van der Waals surface area contributed by atoms with Gasteiger partial charge in [-0.1, -0.05) is 13.8 Å². The third-order valence-electron chi connectivity index (χ3n) is 3.13. The van der Waals surface area contributed by atoms with E-state index >= 15 is 0 Å². The number of rotatable bonds is 5. The van der Waals surface area contributed by atoms with Gasteiger partial charge >= 0.3 is 0 Å². The predicted molar refractivity (Wildman–Crippen MR) is 79.7 cm³/mol. The number of hydrogen-bond donors (Lipinski definition) is 1. The lowest BCUT2D eigenvalue weighted by atomic mass is 10.0. The van der Waals surface area contributed by atoms with Crippen LogP contribution in [-0.2, 0) is 12.8 Å². The quantitative estimate of drug-likeness (QED) is 0.914. The first-order valence-corrected chi connectivity index (χ1v) is 7.53. The molecule has 0 fully saturated rings. The van der Waals surface area contributed by atoms with Crippen molar-refractivity contribution in [3.05, 3.63) is 33.4 Å². The Hall–Kier alpha value is -2.00. The van der Waals surface area contributed by atoms with E-state index in [1.54, 1.807) is 17.5 Å². The van der Waals surface area contributed by atoms with E-state index < -0.39 is 0 Å². The van der Waals surface area contributed by atoms with Crippen LogP contribution in [0, 0.1) is 11.3 Å². The molecule has 20 heavy (non-hydrogen) atoms. The summed E-state index contributed by atoms with van der Waals surface area (Å²) in [6, 6.07) is 2.27. The average Bonchev–Trinajstić information content (AvgIpc) is 3.00. The van der Waals surface area contributed by atoms with Gasteiger partial charge in [-0.2, -0.15) is 10.4 Å². The zero-order chi connectivity index (χ0) is 14.5. The molecule has 2 aromatic heterocycles. The summed E-state index contributed by atoms with van der Waals surface area (Å²) in [4.78, 5) is 4.27. The number of hydrogen-bond acceptors (Lipinski definition) is 6. The average molecular weight is 287 g/mol. The van der Waals surface area contributed by atoms with Gasteiger partial charge in [0.1, 0.15) is 16.6 Å². The molecule has 2 rings (SSSR count). The van der Waals surface area contributed by atoms with E-state index in [-0.39, 0.29) is 6.04 Å². The highest BCUT2D eigenvalue weighted by Gasteiger charge is 2.17. The van der Waals surface area contributed by atoms with Crippen LogP contribution in [-0.4, -0.2) is 15.2 Å². The summed E-state index contributed by atoms with van der Waals surface area (Å²) < 4.78 is 0. The van der Waals surface area contributed by atoms with E-state index in [4.69, 9.17) is 0 Å². The van der Waals surface area contributed by atoms with Crippen LogP contribution >= 0.6 is 11.3 Å². The van der Waals surface area contributed by atoms with Gasteiger partial charge < -0.3 is 5.32 Å². The minimum Gasteiger partial charge on any atom is -0.359 e. The molecule has 104 valence electrons. The molecule has 5 nitrogen and oxygen atoms in total. The topological polar surface area (TPSA) is 74.5 Å². The van der Waals surface area contributed by atoms with Crippen LogP contribution < -0.4 is 5.32 Å². The molecule has 0 aliphatic heterocycles. The Bertz CT molecular complexity index is 615. The summed E-state index contributed by atoms with van der Waals surface area (Å²) in [6.45, 7) is 6.06. The maximum absolute atomic E-state index is 9.42.